The highest BCUT2D eigenvalue weighted by Gasteiger charge is 2.23. The van der Waals surface area contributed by atoms with E-state index in [0.717, 1.165) is 12.1 Å². The first-order valence-corrected chi connectivity index (χ1v) is 11.9. The van der Waals surface area contributed by atoms with Gasteiger partial charge in [0, 0.05) is 5.69 Å². The number of fused-ring (bicyclic) bond motifs is 1. The van der Waals surface area contributed by atoms with Crippen molar-refractivity contribution in [2.75, 3.05) is 16.0 Å². The van der Waals surface area contributed by atoms with Crippen molar-refractivity contribution in [3.8, 4) is 0 Å². The van der Waals surface area contributed by atoms with E-state index in [0.29, 0.717) is 11.0 Å². The van der Waals surface area contributed by atoms with Crippen molar-refractivity contribution in [2.45, 2.75) is 18.7 Å². The third-order valence-corrected chi connectivity index (χ3v) is 6.26. The largest absolute Gasteiger partial charge is 0.365 e. The van der Waals surface area contributed by atoms with Crippen LogP contribution in [-0.2, 0) is 10.1 Å². The molecule has 0 aliphatic heterocycles. The number of benzene rings is 3. The predicted octanol–water partition coefficient (Wildman–Crippen LogP) is 5.57. The molecule has 0 fully saturated rings. The van der Waals surface area contributed by atoms with Crippen LogP contribution in [-0.4, -0.2) is 28.3 Å². The summed E-state index contributed by atoms with van der Waals surface area (Å²) in [6, 6.07) is 12.7. The van der Waals surface area contributed by atoms with Crippen LogP contribution in [0.4, 0.5) is 41.7 Å². The minimum absolute atomic E-state index is 0.0506. The maximum Gasteiger partial charge on any atom is 0.286 e. The van der Waals surface area contributed by atoms with Gasteiger partial charge in [0.1, 0.15) is 23.1 Å². The highest BCUT2D eigenvalue weighted by molar-refractivity contribution is 7.86. The van der Waals surface area contributed by atoms with Crippen LogP contribution in [0.1, 0.15) is 13.3 Å². The lowest BCUT2D eigenvalue weighted by Gasteiger charge is -2.18. The Morgan fingerprint density at radius 1 is 0.943 bits per heavy atom. The normalized spacial score (nSPS) is 12.4. The molecule has 12 heteroatoms. The molecule has 0 spiro atoms. The second-order valence-electron chi connectivity index (χ2n) is 7.53. The van der Waals surface area contributed by atoms with Crippen LogP contribution in [0, 0.1) is 17.5 Å². The first-order valence-electron chi connectivity index (χ1n) is 10.4. The quantitative estimate of drug-likeness (QED) is 0.231. The molecule has 0 saturated heterocycles. The van der Waals surface area contributed by atoms with Gasteiger partial charge in [0.05, 0.1) is 28.6 Å². The molecule has 0 amide bonds. The smallest absolute Gasteiger partial charge is 0.286 e. The summed E-state index contributed by atoms with van der Waals surface area (Å²) >= 11 is 0. The molecule has 1 unspecified atom stereocenters. The van der Waals surface area contributed by atoms with Crippen LogP contribution < -0.4 is 16.0 Å². The summed E-state index contributed by atoms with van der Waals surface area (Å²) in [6.07, 6.45) is 1.38. The van der Waals surface area contributed by atoms with Crippen LogP contribution in [0.2, 0.25) is 0 Å². The second kappa shape index (κ2) is 9.76. The number of hydrogen-bond donors (Lipinski definition) is 4. The summed E-state index contributed by atoms with van der Waals surface area (Å²) in [5.41, 5.74) is 0.489. The van der Waals surface area contributed by atoms with Gasteiger partial charge in [-0.1, -0.05) is 19.1 Å². The van der Waals surface area contributed by atoms with Gasteiger partial charge in [0.25, 0.3) is 10.1 Å². The number of nitrogens with one attached hydrogen (secondary N) is 3. The molecule has 182 valence electrons. The van der Waals surface area contributed by atoms with Crippen molar-refractivity contribution in [2.24, 2.45) is 0 Å². The molecule has 1 heterocycles. The average Bonchev–Trinajstić information content (AvgIpc) is 2.82. The monoisotopic (exact) mass is 503 g/mol. The van der Waals surface area contributed by atoms with Crippen molar-refractivity contribution in [1.29, 1.82) is 0 Å². The molecule has 3 aromatic carbocycles. The van der Waals surface area contributed by atoms with Crippen LogP contribution in [0.15, 0.2) is 60.8 Å². The highest BCUT2D eigenvalue weighted by Crippen LogP contribution is 2.31. The molecule has 4 N–H and O–H groups in total. The first kappa shape index (κ1) is 24.2. The molecule has 0 aliphatic rings. The van der Waals surface area contributed by atoms with Crippen molar-refractivity contribution in [3.05, 3.63) is 78.2 Å². The molecule has 0 radical (unpaired) electrons. The Labute approximate surface area is 199 Å². The molecular weight excluding hydrogens is 483 g/mol. The summed E-state index contributed by atoms with van der Waals surface area (Å²) in [5, 5.41) is 6.37. The SMILES string of the molecule is CCC(Nc1ccc(F)c(Nc2ccc3ncc(Nc4ccccc4F)nc3c2)c1F)S(=O)(=O)O. The molecule has 1 aromatic heterocycles. The summed E-state index contributed by atoms with van der Waals surface area (Å²) in [6.45, 7) is 1.48. The Bertz CT molecular complexity index is 1500. The average molecular weight is 504 g/mol. The lowest BCUT2D eigenvalue weighted by atomic mass is 10.2. The maximum atomic E-state index is 15.0. The minimum Gasteiger partial charge on any atom is -0.365 e. The summed E-state index contributed by atoms with van der Waals surface area (Å²) in [4.78, 5) is 8.63. The van der Waals surface area contributed by atoms with Gasteiger partial charge in [0.15, 0.2) is 11.2 Å². The van der Waals surface area contributed by atoms with Gasteiger partial charge in [-0.15, -0.1) is 0 Å². The standard InChI is InChI=1S/C23H20F3N5O3S/c1-2-21(35(32,33)34)31-18-10-8-15(25)23(22(18)26)28-13-7-9-17-19(11-13)30-20(12-27-17)29-16-6-4-3-5-14(16)24/h3-12,21,28,31H,2H2,1H3,(H,29,30)(H,32,33,34). The van der Waals surface area contributed by atoms with E-state index < -0.39 is 38.6 Å². The van der Waals surface area contributed by atoms with Gasteiger partial charge in [0.2, 0.25) is 0 Å². The number of nitrogens with zero attached hydrogens (tertiary/aromatic N) is 2. The van der Waals surface area contributed by atoms with Crippen LogP contribution in [0.5, 0.6) is 0 Å². The van der Waals surface area contributed by atoms with Gasteiger partial charge in [-0.25, -0.2) is 18.2 Å². The maximum absolute atomic E-state index is 15.0. The van der Waals surface area contributed by atoms with E-state index in [-0.39, 0.29) is 29.3 Å². The predicted molar refractivity (Wildman–Crippen MR) is 128 cm³/mol. The molecule has 35 heavy (non-hydrogen) atoms. The zero-order chi connectivity index (χ0) is 25.2. The van der Waals surface area contributed by atoms with Gasteiger partial charge < -0.3 is 16.0 Å². The summed E-state index contributed by atoms with van der Waals surface area (Å²) in [5.74, 6) is -2.20. The lowest BCUT2D eigenvalue weighted by molar-refractivity contribution is 0.469. The lowest BCUT2D eigenvalue weighted by Crippen LogP contribution is -2.28. The molecule has 0 saturated carbocycles. The zero-order valence-corrected chi connectivity index (χ0v) is 19.1. The number of anilines is 5. The van der Waals surface area contributed by atoms with Gasteiger partial charge >= 0.3 is 0 Å². The third-order valence-electron chi connectivity index (χ3n) is 5.09. The number of hydrogen-bond acceptors (Lipinski definition) is 7. The molecular formula is C23H20F3N5O3S. The molecule has 1 atom stereocenters. The van der Waals surface area contributed by atoms with E-state index in [1.165, 1.54) is 37.4 Å². The van der Waals surface area contributed by atoms with E-state index in [9.17, 15) is 21.8 Å². The first-order chi connectivity index (χ1) is 16.7. The van der Waals surface area contributed by atoms with Crippen molar-refractivity contribution in [3.63, 3.8) is 0 Å². The fourth-order valence-corrected chi connectivity index (χ4v) is 4.03. The molecule has 0 aliphatic carbocycles. The Morgan fingerprint density at radius 3 is 2.43 bits per heavy atom. The Balaban J connectivity index is 1.63. The van der Waals surface area contributed by atoms with Crippen LogP contribution in [0.3, 0.4) is 0 Å². The number of para-hydroxylation sites is 1. The molecule has 4 aromatic rings. The van der Waals surface area contributed by atoms with Gasteiger partial charge in [-0.05, 0) is 48.9 Å². The molecule has 8 nitrogen and oxygen atoms in total. The molecule has 4 rings (SSSR count). The van der Waals surface area contributed by atoms with Gasteiger partial charge in [-0.2, -0.15) is 8.42 Å². The number of halogens is 3. The fraction of sp³-hybridized carbons (Fsp3) is 0.130. The Morgan fingerprint density at radius 2 is 1.71 bits per heavy atom. The van der Waals surface area contributed by atoms with E-state index in [1.54, 1.807) is 18.2 Å². The highest BCUT2D eigenvalue weighted by atomic mass is 32.2. The van der Waals surface area contributed by atoms with E-state index in [4.69, 9.17) is 0 Å². The second-order valence-corrected chi connectivity index (χ2v) is 9.13. The van der Waals surface area contributed by atoms with E-state index in [1.807, 2.05) is 0 Å². The fourth-order valence-electron chi connectivity index (χ4n) is 3.33. The van der Waals surface area contributed by atoms with Crippen molar-refractivity contribution < 1.29 is 26.1 Å². The summed E-state index contributed by atoms with van der Waals surface area (Å²) in [7, 11) is -4.50. The van der Waals surface area contributed by atoms with E-state index >= 15 is 4.39 Å². The van der Waals surface area contributed by atoms with Crippen LogP contribution >= 0.6 is 0 Å². The van der Waals surface area contributed by atoms with Crippen LogP contribution in [0.25, 0.3) is 11.0 Å². The zero-order valence-electron chi connectivity index (χ0n) is 18.3. The third kappa shape index (κ3) is 5.44. The van der Waals surface area contributed by atoms with E-state index in [2.05, 4.69) is 25.9 Å². The topological polar surface area (TPSA) is 116 Å². The number of rotatable bonds is 8. The van der Waals surface area contributed by atoms with Crippen molar-refractivity contribution in [1.82, 2.24) is 9.97 Å². The molecule has 0 bridgehead atoms. The van der Waals surface area contributed by atoms with Crippen molar-refractivity contribution >= 4 is 49.7 Å². The Hall–Kier alpha value is -3.90. The van der Waals surface area contributed by atoms with Gasteiger partial charge in [-0.3, -0.25) is 9.54 Å². The minimum atomic E-state index is -4.50. The number of aromatic nitrogens is 2. The Kier molecular flexibility index (Phi) is 6.76. The summed E-state index contributed by atoms with van der Waals surface area (Å²) < 4.78 is 75.6.